The zero-order chi connectivity index (χ0) is 15.0. The van der Waals surface area contributed by atoms with Gasteiger partial charge in [-0.15, -0.1) is 13.2 Å². The smallest absolute Gasteiger partial charge is 0.462 e. The number of carbonyl (C=O) groups is 1. The van der Waals surface area contributed by atoms with Gasteiger partial charge in [0.25, 0.3) is 0 Å². The molecule has 0 N–H and O–H groups in total. The summed E-state index contributed by atoms with van der Waals surface area (Å²) < 4.78 is 49.3. The van der Waals surface area contributed by atoms with E-state index in [9.17, 15) is 18.0 Å². The number of unbranched alkanes of at least 4 members (excludes halogenated alkanes) is 1. The normalized spacial score (nSPS) is 11.2. The average molecular weight is 292 g/mol. The Labute approximate surface area is 114 Å². The first-order chi connectivity index (χ1) is 9.42. The molecule has 0 aliphatic heterocycles. The van der Waals surface area contributed by atoms with Gasteiger partial charge in [-0.05, 0) is 37.1 Å². The Morgan fingerprint density at radius 3 is 2.25 bits per heavy atom. The number of ether oxygens (including phenoxy) is 3. The van der Waals surface area contributed by atoms with E-state index in [2.05, 4.69) is 4.74 Å². The first kappa shape index (κ1) is 16.3. The molecular formula is C13H15F3O4. The molecule has 0 saturated heterocycles. The maximum atomic E-state index is 11.9. The van der Waals surface area contributed by atoms with Gasteiger partial charge in [0, 0.05) is 13.7 Å². The van der Waals surface area contributed by atoms with Gasteiger partial charge in [0.15, 0.2) is 0 Å². The lowest BCUT2D eigenvalue weighted by atomic mass is 10.2. The molecule has 0 radical (unpaired) electrons. The lowest BCUT2D eigenvalue weighted by molar-refractivity contribution is -0.274. The quantitative estimate of drug-likeness (QED) is 0.572. The number of alkyl halides is 3. The average Bonchev–Trinajstić information content (AvgIpc) is 2.37. The zero-order valence-corrected chi connectivity index (χ0v) is 10.9. The fourth-order valence-electron chi connectivity index (χ4n) is 1.39. The molecule has 0 heterocycles. The molecule has 0 aromatic heterocycles. The fraction of sp³-hybridized carbons (Fsp3) is 0.462. The van der Waals surface area contributed by atoms with Crippen LogP contribution in [-0.4, -0.2) is 32.7 Å². The Bertz CT molecular complexity index is 415. The minimum atomic E-state index is -4.75. The second kappa shape index (κ2) is 7.74. The highest BCUT2D eigenvalue weighted by Gasteiger charge is 2.31. The maximum absolute atomic E-state index is 11.9. The van der Waals surface area contributed by atoms with Crippen LogP contribution in [0.1, 0.15) is 23.2 Å². The first-order valence-electron chi connectivity index (χ1n) is 5.94. The summed E-state index contributed by atoms with van der Waals surface area (Å²) in [5, 5.41) is 0. The highest BCUT2D eigenvalue weighted by molar-refractivity contribution is 5.89. The number of methoxy groups -OCH3 is 1. The van der Waals surface area contributed by atoms with E-state index in [-0.39, 0.29) is 17.9 Å². The Morgan fingerprint density at radius 2 is 1.70 bits per heavy atom. The van der Waals surface area contributed by atoms with Gasteiger partial charge in [0.2, 0.25) is 0 Å². The van der Waals surface area contributed by atoms with Crippen molar-refractivity contribution in [1.82, 2.24) is 0 Å². The second-order valence-electron chi connectivity index (χ2n) is 3.91. The van der Waals surface area contributed by atoms with E-state index in [1.54, 1.807) is 7.11 Å². The molecule has 0 spiro atoms. The molecule has 4 nitrogen and oxygen atoms in total. The van der Waals surface area contributed by atoms with E-state index in [0.717, 1.165) is 18.6 Å². The number of rotatable bonds is 7. The standard InChI is InChI=1S/C13H15F3O4/c1-18-8-2-3-9-19-12(17)10-4-6-11(7-5-10)20-13(14,15)16/h4-7H,2-3,8-9H2,1H3. The minimum Gasteiger partial charge on any atom is -0.462 e. The largest absolute Gasteiger partial charge is 0.573 e. The first-order valence-corrected chi connectivity index (χ1v) is 5.94. The predicted molar refractivity (Wildman–Crippen MR) is 64.5 cm³/mol. The lowest BCUT2D eigenvalue weighted by Gasteiger charge is -2.09. The monoisotopic (exact) mass is 292 g/mol. The SMILES string of the molecule is COCCCCOC(=O)c1ccc(OC(F)(F)F)cc1. The summed E-state index contributed by atoms with van der Waals surface area (Å²) in [5.41, 5.74) is 0.172. The third-order valence-electron chi connectivity index (χ3n) is 2.30. The number of halogens is 3. The van der Waals surface area contributed by atoms with Crippen LogP contribution in [0.2, 0.25) is 0 Å². The van der Waals surface area contributed by atoms with Gasteiger partial charge in [0.1, 0.15) is 5.75 Å². The molecule has 0 bridgehead atoms. The van der Waals surface area contributed by atoms with E-state index in [4.69, 9.17) is 9.47 Å². The van der Waals surface area contributed by atoms with Crippen LogP contribution in [0.4, 0.5) is 13.2 Å². The molecular weight excluding hydrogens is 277 g/mol. The van der Waals surface area contributed by atoms with Crippen molar-refractivity contribution >= 4 is 5.97 Å². The number of hydrogen-bond acceptors (Lipinski definition) is 4. The Balaban J connectivity index is 2.41. The van der Waals surface area contributed by atoms with Crippen LogP contribution in [0.25, 0.3) is 0 Å². The van der Waals surface area contributed by atoms with Gasteiger partial charge in [-0.2, -0.15) is 0 Å². The summed E-state index contributed by atoms with van der Waals surface area (Å²) in [6.07, 6.45) is -3.32. The van der Waals surface area contributed by atoms with Gasteiger partial charge in [-0.1, -0.05) is 0 Å². The number of hydrogen-bond donors (Lipinski definition) is 0. The van der Waals surface area contributed by atoms with Crippen molar-refractivity contribution in [3.05, 3.63) is 29.8 Å². The van der Waals surface area contributed by atoms with Crippen molar-refractivity contribution in [1.29, 1.82) is 0 Å². The minimum absolute atomic E-state index is 0.172. The van der Waals surface area contributed by atoms with E-state index < -0.39 is 12.3 Å². The molecule has 1 aromatic rings. The van der Waals surface area contributed by atoms with E-state index in [0.29, 0.717) is 13.0 Å². The van der Waals surface area contributed by atoms with Gasteiger partial charge < -0.3 is 14.2 Å². The van der Waals surface area contributed by atoms with E-state index in [1.165, 1.54) is 12.1 Å². The molecule has 112 valence electrons. The van der Waals surface area contributed by atoms with Crippen LogP contribution in [-0.2, 0) is 9.47 Å². The Hall–Kier alpha value is -1.76. The highest BCUT2D eigenvalue weighted by Crippen LogP contribution is 2.22. The van der Waals surface area contributed by atoms with Crippen molar-refractivity contribution in [2.45, 2.75) is 19.2 Å². The van der Waals surface area contributed by atoms with Gasteiger partial charge in [0.05, 0.1) is 12.2 Å². The van der Waals surface area contributed by atoms with Crippen LogP contribution in [0.3, 0.4) is 0 Å². The van der Waals surface area contributed by atoms with Crippen molar-refractivity contribution in [2.24, 2.45) is 0 Å². The molecule has 1 aromatic carbocycles. The molecule has 0 amide bonds. The van der Waals surface area contributed by atoms with E-state index in [1.807, 2.05) is 0 Å². The number of benzene rings is 1. The van der Waals surface area contributed by atoms with Crippen molar-refractivity contribution in [3.8, 4) is 5.75 Å². The lowest BCUT2D eigenvalue weighted by Crippen LogP contribution is -2.17. The summed E-state index contributed by atoms with van der Waals surface area (Å²) in [6.45, 7) is 0.823. The Kier molecular flexibility index (Phi) is 6.30. The third kappa shape index (κ3) is 6.42. The summed E-state index contributed by atoms with van der Waals surface area (Å²) in [7, 11) is 1.58. The van der Waals surface area contributed by atoms with Crippen LogP contribution in [0.15, 0.2) is 24.3 Å². The number of carbonyl (C=O) groups excluding carboxylic acids is 1. The topological polar surface area (TPSA) is 44.8 Å². The second-order valence-corrected chi connectivity index (χ2v) is 3.91. The van der Waals surface area contributed by atoms with Gasteiger partial charge >= 0.3 is 12.3 Å². The number of esters is 1. The molecule has 0 unspecified atom stereocenters. The highest BCUT2D eigenvalue weighted by atomic mass is 19.4. The van der Waals surface area contributed by atoms with Crippen LogP contribution >= 0.6 is 0 Å². The van der Waals surface area contributed by atoms with E-state index >= 15 is 0 Å². The maximum Gasteiger partial charge on any atom is 0.573 e. The molecule has 0 aliphatic carbocycles. The van der Waals surface area contributed by atoms with Crippen molar-refractivity contribution < 1.29 is 32.2 Å². The fourth-order valence-corrected chi connectivity index (χ4v) is 1.39. The summed E-state index contributed by atoms with van der Waals surface area (Å²) in [4.78, 5) is 11.6. The molecule has 0 fully saturated rings. The van der Waals surface area contributed by atoms with Crippen LogP contribution in [0.5, 0.6) is 5.75 Å². The summed E-state index contributed by atoms with van der Waals surface area (Å²) >= 11 is 0. The molecule has 0 aliphatic rings. The molecule has 1 rings (SSSR count). The zero-order valence-electron chi connectivity index (χ0n) is 10.9. The Morgan fingerprint density at radius 1 is 1.10 bits per heavy atom. The van der Waals surface area contributed by atoms with Crippen LogP contribution in [0, 0.1) is 0 Å². The molecule has 0 atom stereocenters. The molecule has 7 heteroatoms. The third-order valence-corrected chi connectivity index (χ3v) is 2.30. The predicted octanol–water partition coefficient (Wildman–Crippen LogP) is 3.17. The van der Waals surface area contributed by atoms with Crippen molar-refractivity contribution in [3.63, 3.8) is 0 Å². The van der Waals surface area contributed by atoms with Crippen LogP contribution < -0.4 is 4.74 Å². The molecule has 20 heavy (non-hydrogen) atoms. The van der Waals surface area contributed by atoms with Gasteiger partial charge in [-0.25, -0.2) is 4.79 Å². The molecule has 0 saturated carbocycles. The summed E-state index contributed by atoms with van der Waals surface area (Å²) in [6, 6.07) is 4.57. The summed E-state index contributed by atoms with van der Waals surface area (Å²) in [5.74, 6) is -0.963. The van der Waals surface area contributed by atoms with Crippen molar-refractivity contribution in [2.75, 3.05) is 20.3 Å². The van der Waals surface area contributed by atoms with Gasteiger partial charge in [-0.3, -0.25) is 0 Å².